The summed E-state index contributed by atoms with van der Waals surface area (Å²) in [5.41, 5.74) is -1.22. The van der Waals surface area contributed by atoms with Gasteiger partial charge in [0.2, 0.25) is 10.0 Å². The zero-order chi connectivity index (χ0) is 17.7. The van der Waals surface area contributed by atoms with Crippen LogP contribution in [0.3, 0.4) is 0 Å². The first kappa shape index (κ1) is 18.6. The molecule has 0 aliphatic carbocycles. The monoisotopic (exact) mass is 361 g/mol. The third-order valence-corrected chi connectivity index (χ3v) is 5.20. The van der Waals surface area contributed by atoms with Gasteiger partial charge in [-0.15, -0.1) is 0 Å². The Balaban J connectivity index is 2.16. The zero-order valence-electron chi connectivity index (χ0n) is 13.4. The minimum Gasteiger partial charge on any atom is -0.350 e. The van der Waals surface area contributed by atoms with Gasteiger partial charge in [-0.3, -0.25) is 9.52 Å². The van der Waals surface area contributed by atoms with E-state index in [0.717, 1.165) is 31.5 Å². The molecule has 1 heterocycles. The molecule has 0 saturated carbocycles. The summed E-state index contributed by atoms with van der Waals surface area (Å²) in [6, 6.07) is 1.91. The van der Waals surface area contributed by atoms with Gasteiger partial charge in [-0.1, -0.05) is 6.92 Å². The lowest BCUT2D eigenvalue weighted by Gasteiger charge is -2.14. The number of sulfonamides is 1. The molecule has 2 rings (SSSR count). The van der Waals surface area contributed by atoms with Crippen LogP contribution in [0.5, 0.6) is 0 Å². The molecule has 1 aromatic rings. The van der Waals surface area contributed by atoms with Crippen LogP contribution in [0.4, 0.5) is 14.5 Å². The molecule has 134 valence electrons. The maximum Gasteiger partial charge on any atom is 0.257 e. The third kappa shape index (κ3) is 4.64. The van der Waals surface area contributed by atoms with Crippen LogP contribution in [0.1, 0.15) is 36.5 Å². The number of carbonyl (C=O) groups is 1. The van der Waals surface area contributed by atoms with Crippen molar-refractivity contribution in [2.75, 3.05) is 23.6 Å². The Labute approximate surface area is 140 Å². The predicted octanol–water partition coefficient (Wildman–Crippen LogP) is 1.60. The van der Waals surface area contributed by atoms with E-state index < -0.39 is 38.8 Å². The molecule has 9 heteroatoms. The molecule has 0 bridgehead atoms. The van der Waals surface area contributed by atoms with Crippen LogP contribution in [-0.2, 0) is 10.0 Å². The first-order chi connectivity index (χ1) is 11.3. The number of rotatable bonds is 7. The minimum atomic E-state index is -3.74. The van der Waals surface area contributed by atoms with Crippen LogP contribution in [0.15, 0.2) is 12.1 Å². The molecule has 0 aromatic heterocycles. The van der Waals surface area contributed by atoms with E-state index in [1.165, 1.54) is 0 Å². The predicted molar refractivity (Wildman–Crippen MR) is 87.4 cm³/mol. The van der Waals surface area contributed by atoms with E-state index in [9.17, 15) is 22.0 Å². The fourth-order valence-corrected chi connectivity index (χ4v) is 3.69. The van der Waals surface area contributed by atoms with Gasteiger partial charge in [0.05, 0.1) is 11.4 Å². The maximum atomic E-state index is 14.4. The largest absolute Gasteiger partial charge is 0.350 e. The van der Waals surface area contributed by atoms with Gasteiger partial charge in [-0.25, -0.2) is 17.2 Å². The van der Waals surface area contributed by atoms with Crippen LogP contribution in [-0.4, -0.2) is 39.2 Å². The van der Waals surface area contributed by atoms with E-state index in [1.54, 1.807) is 6.92 Å². The number of hydrogen-bond donors (Lipinski definition) is 3. The molecule has 1 unspecified atom stereocenters. The fraction of sp³-hybridized carbons (Fsp3) is 0.533. The van der Waals surface area contributed by atoms with E-state index in [-0.39, 0.29) is 18.3 Å². The van der Waals surface area contributed by atoms with Crippen molar-refractivity contribution in [2.45, 2.75) is 32.2 Å². The van der Waals surface area contributed by atoms with Crippen LogP contribution >= 0.6 is 0 Å². The highest BCUT2D eigenvalue weighted by Gasteiger charge is 2.23. The lowest BCUT2D eigenvalue weighted by molar-refractivity contribution is 0.0942. The van der Waals surface area contributed by atoms with Crippen LogP contribution in [0.2, 0.25) is 0 Å². The van der Waals surface area contributed by atoms with Gasteiger partial charge in [0.1, 0.15) is 11.4 Å². The second kappa shape index (κ2) is 7.89. The average molecular weight is 361 g/mol. The summed E-state index contributed by atoms with van der Waals surface area (Å²) in [7, 11) is -3.74. The first-order valence-corrected chi connectivity index (χ1v) is 9.49. The zero-order valence-corrected chi connectivity index (χ0v) is 14.2. The maximum absolute atomic E-state index is 14.4. The number of anilines is 1. The van der Waals surface area contributed by atoms with Crippen LogP contribution in [0.25, 0.3) is 0 Å². The SMILES string of the molecule is CCCS(=O)(=O)Nc1ccc(F)c(C(=O)NCC2CCCN2)c1F. The number of hydrogen-bond acceptors (Lipinski definition) is 4. The molecule has 24 heavy (non-hydrogen) atoms. The van der Waals surface area contributed by atoms with Gasteiger partial charge in [0.15, 0.2) is 5.82 Å². The summed E-state index contributed by atoms with van der Waals surface area (Å²) in [4.78, 5) is 12.1. The molecule has 1 amide bonds. The minimum absolute atomic E-state index is 0.0753. The Morgan fingerprint density at radius 2 is 2.12 bits per heavy atom. The number of nitrogens with one attached hydrogen (secondary N) is 3. The summed E-state index contributed by atoms with van der Waals surface area (Å²) in [5, 5.41) is 5.63. The summed E-state index contributed by atoms with van der Waals surface area (Å²) in [6.45, 7) is 2.76. The molecule has 1 aliphatic heterocycles. The van der Waals surface area contributed by atoms with Gasteiger partial charge in [-0.2, -0.15) is 0 Å². The molecule has 0 radical (unpaired) electrons. The Hall–Kier alpha value is -1.74. The molecule has 1 saturated heterocycles. The van der Waals surface area contributed by atoms with Gasteiger partial charge >= 0.3 is 0 Å². The molecule has 6 nitrogen and oxygen atoms in total. The fourth-order valence-electron chi connectivity index (χ4n) is 2.56. The van der Waals surface area contributed by atoms with Crippen LogP contribution in [0, 0.1) is 11.6 Å². The van der Waals surface area contributed by atoms with E-state index in [1.807, 2.05) is 4.72 Å². The Kier molecular flexibility index (Phi) is 6.11. The standard InChI is InChI=1S/C15H21F2N3O3S/c1-2-8-24(22,23)20-12-6-5-11(16)13(14(12)17)15(21)19-9-10-4-3-7-18-10/h5-6,10,18,20H,2-4,7-9H2,1H3,(H,19,21). The molecule has 0 spiro atoms. The highest BCUT2D eigenvalue weighted by Crippen LogP contribution is 2.22. The van der Waals surface area contributed by atoms with E-state index in [2.05, 4.69) is 10.6 Å². The summed E-state index contributed by atoms with van der Waals surface area (Å²) in [6.07, 6.45) is 2.21. The van der Waals surface area contributed by atoms with Crippen molar-refractivity contribution in [1.29, 1.82) is 0 Å². The van der Waals surface area contributed by atoms with Crippen molar-refractivity contribution in [3.05, 3.63) is 29.3 Å². The quantitative estimate of drug-likeness (QED) is 0.688. The van der Waals surface area contributed by atoms with E-state index in [4.69, 9.17) is 0 Å². The molecule has 1 fully saturated rings. The lowest BCUT2D eigenvalue weighted by atomic mass is 10.1. The second-order valence-electron chi connectivity index (χ2n) is 5.71. The summed E-state index contributed by atoms with van der Waals surface area (Å²) < 4.78 is 53.8. The topological polar surface area (TPSA) is 87.3 Å². The van der Waals surface area contributed by atoms with Gasteiger partial charge < -0.3 is 10.6 Å². The molecule has 3 N–H and O–H groups in total. The summed E-state index contributed by atoms with van der Waals surface area (Å²) >= 11 is 0. The van der Waals surface area contributed by atoms with Gasteiger partial charge in [0.25, 0.3) is 5.91 Å². The number of amides is 1. The number of benzene rings is 1. The number of carbonyl (C=O) groups excluding carboxylic acids is 1. The van der Waals surface area contributed by atoms with Gasteiger partial charge in [0, 0.05) is 12.6 Å². The normalized spacial score (nSPS) is 17.7. The average Bonchev–Trinajstić information content (AvgIpc) is 3.01. The molecule has 1 aliphatic rings. The van der Waals surface area contributed by atoms with Crippen molar-refractivity contribution in [3.63, 3.8) is 0 Å². The molecule has 1 atom stereocenters. The summed E-state index contributed by atoms with van der Waals surface area (Å²) in [5.74, 6) is -3.36. The Morgan fingerprint density at radius 3 is 2.75 bits per heavy atom. The van der Waals surface area contributed by atoms with Crippen molar-refractivity contribution >= 4 is 21.6 Å². The van der Waals surface area contributed by atoms with Crippen molar-refractivity contribution in [1.82, 2.24) is 10.6 Å². The van der Waals surface area contributed by atoms with Crippen molar-refractivity contribution in [3.8, 4) is 0 Å². The Morgan fingerprint density at radius 1 is 1.38 bits per heavy atom. The third-order valence-electron chi connectivity index (χ3n) is 3.73. The number of halogens is 2. The molecular formula is C15H21F2N3O3S. The second-order valence-corrected chi connectivity index (χ2v) is 7.55. The Bertz CT molecular complexity index is 704. The molecule has 1 aromatic carbocycles. The van der Waals surface area contributed by atoms with Crippen LogP contribution < -0.4 is 15.4 Å². The highest BCUT2D eigenvalue weighted by molar-refractivity contribution is 7.92. The van der Waals surface area contributed by atoms with Crippen molar-refractivity contribution in [2.24, 2.45) is 0 Å². The smallest absolute Gasteiger partial charge is 0.257 e. The highest BCUT2D eigenvalue weighted by atomic mass is 32.2. The van der Waals surface area contributed by atoms with Crippen molar-refractivity contribution < 1.29 is 22.0 Å². The van der Waals surface area contributed by atoms with Gasteiger partial charge in [-0.05, 0) is 37.9 Å². The van der Waals surface area contributed by atoms with E-state index in [0.29, 0.717) is 6.42 Å². The van der Waals surface area contributed by atoms with E-state index >= 15 is 0 Å². The molecular weight excluding hydrogens is 340 g/mol. The first-order valence-electron chi connectivity index (χ1n) is 7.84. The lowest BCUT2D eigenvalue weighted by Crippen LogP contribution is -2.37.